The Labute approximate surface area is 135 Å². The van der Waals surface area contributed by atoms with Gasteiger partial charge in [0, 0.05) is 12.1 Å². The summed E-state index contributed by atoms with van der Waals surface area (Å²) in [6.07, 6.45) is 1.12. The molecule has 7 nitrogen and oxygen atoms in total. The van der Waals surface area contributed by atoms with E-state index >= 15 is 0 Å². The van der Waals surface area contributed by atoms with Crippen LogP contribution < -0.4 is 10.6 Å². The minimum atomic E-state index is -0.542. The highest BCUT2D eigenvalue weighted by Crippen LogP contribution is 2.16. The fourth-order valence-corrected chi connectivity index (χ4v) is 1.93. The van der Waals surface area contributed by atoms with Gasteiger partial charge >= 0.3 is 6.09 Å². The molecule has 0 aliphatic heterocycles. The molecule has 0 radical (unpaired) electrons. The van der Waals surface area contributed by atoms with Crippen molar-refractivity contribution in [2.45, 2.75) is 46.8 Å². The third-order valence-electron chi connectivity index (χ3n) is 3.04. The van der Waals surface area contributed by atoms with Crippen LogP contribution in [0.2, 0.25) is 0 Å². The van der Waals surface area contributed by atoms with E-state index in [1.165, 1.54) is 0 Å². The van der Waals surface area contributed by atoms with E-state index in [4.69, 9.17) is 9.26 Å². The number of anilines is 2. The number of aryl methyl sites for hydroxylation is 2. The second kappa shape index (κ2) is 6.68. The maximum Gasteiger partial charge on any atom is 0.413 e. The molecule has 0 saturated heterocycles. The topological polar surface area (TPSA) is 89.3 Å². The van der Waals surface area contributed by atoms with Crippen LogP contribution in [-0.2, 0) is 11.3 Å². The highest BCUT2D eigenvalue weighted by atomic mass is 16.6. The molecule has 0 atom stereocenters. The molecule has 2 N–H and O–H groups in total. The number of aromatic nitrogens is 2. The van der Waals surface area contributed by atoms with Gasteiger partial charge in [-0.3, -0.25) is 5.32 Å². The van der Waals surface area contributed by atoms with Gasteiger partial charge in [0.15, 0.2) is 0 Å². The lowest BCUT2D eigenvalue weighted by Gasteiger charge is -2.19. The molecule has 7 heteroatoms. The van der Waals surface area contributed by atoms with Gasteiger partial charge in [0.25, 0.3) is 0 Å². The molecule has 124 valence electrons. The van der Waals surface area contributed by atoms with Crippen LogP contribution in [0.25, 0.3) is 0 Å². The van der Waals surface area contributed by atoms with Crippen molar-refractivity contribution in [3.05, 3.63) is 35.3 Å². The number of hydrogen-bond acceptors (Lipinski definition) is 6. The summed E-state index contributed by atoms with van der Waals surface area (Å²) in [6, 6.07) is 3.54. The quantitative estimate of drug-likeness (QED) is 0.894. The first-order valence-corrected chi connectivity index (χ1v) is 7.36. The summed E-state index contributed by atoms with van der Waals surface area (Å²) in [4.78, 5) is 15.8. The first kappa shape index (κ1) is 16.8. The van der Waals surface area contributed by atoms with Gasteiger partial charge in [0.1, 0.15) is 17.2 Å². The van der Waals surface area contributed by atoms with Gasteiger partial charge in [0.2, 0.25) is 0 Å². The van der Waals surface area contributed by atoms with Crippen LogP contribution in [0.15, 0.2) is 22.9 Å². The van der Waals surface area contributed by atoms with Gasteiger partial charge in [-0.2, -0.15) is 0 Å². The highest BCUT2D eigenvalue weighted by Gasteiger charge is 2.16. The van der Waals surface area contributed by atoms with E-state index in [0.29, 0.717) is 12.4 Å². The molecule has 23 heavy (non-hydrogen) atoms. The van der Waals surface area contributed by atoms with E-state index in [0.717, 1.165) is 22.7 Å². The van der Waals surface area contributed by atoms with Crippen molar-refractivity contribution in [1.82, 2.24) is 10.1 Å². The molecule has 0 spiro atoms. The van der Waals surface area contributed by atoms with Gasteiger partial charge in [-0.15, -0.1) is 0 Å². The minimum absolute atomic E-state index is 0.433. The van der Waals surface area contributed by atoms with Gasteiger partial charge in [-0.1, -0.05) is 5.16 Å². The predicted molar refractivity (Wildman–Crippen MR) is 87.4 cm³/mol. The number of nitrogens with zero attached hydrogens (tertiary/aromatic N) is 2. The zero-order valence-electron chi connectivity index (χ0n) is 14.1. The first-order valence-electron chi connectivity index (χ1n) is 7.36. The fourth-order valence-electron chi connectivity index (χ4n) is 1.93. The Bertz CT molecular complexity index is 652. The molecule has 2 aromatic heterocycles. The Hall–Kier alpha value is -2.57. The van der Waals surface area contributed by atoms with Crippen LogP contribution in [-0.4, -0.2) is 21.8 Å². The number of rotatable bonds is 4. The summed E-state index contributed by atoms with van der Waals surface area (Å²) in [7, 11) is 0. The van der Waals surface area contributed by atoms with Crippen molar-refractivity contribution < 1.29 is 14.1 Å². The van der Waals surface area contributed by atoms with Crippen LogP contribution in [0, 0.1) is 13.8 Å². The zero-order chi connectivity index (χ0) is 17.0. The Balaban J connectivity index is 1.91. The van der Waals surface area contributed by atoms with Crippen molar-refractivity contribution in [2.24, 2.45) is 0 Å². The second-order valence-corrected chi connectivity index (χ2v) is 6.22. The number of nitrogens with one attached hydrogen (secondary N) is 2. The summed E-state index contributed by atoms with van der Waals surface area (Å²) in [5, 5.41) is 9.74. The zero-order valence-corrected chi connectivity index (χ0v) is 14.1. The SMILES string of the molecule is Cc1noc(C)c1CNc1ccc(NC(=O)OC(C)(C)C)nc1. The van der Waals surface area contributed by atoms with Gasteiger partial charge < -0.3 is 14.6 Å². The molecule has 0 aliphatic rings. The van der Waals surface area contributed by atoms with Crippen LogP contribution in [0.4, 0.5) is 16.3 Å². The predicted octanol–water partition coefficient (Wildman–Crippen LogP) is 3.65. The monoisotopic (exact) mass is 318 g/mol. The molecule has 0 aliphatic carbocycles. The second-order valence-electron chi connectivity index (χ2n) is 6.22. The van der Waals surface area contributed by atoms with E-state index < -0.39 is 11.7 Å². The molecule has 0 bridgehead atoms. The Kier molecular flexibility index (Phi) is 4.88. The van der Waals surface area contributed by atoms with Crippen molar-refractivity contribution in [3.63, 3.8) is 0 Å². The maximum absolute atomic E-state index is 11.7. The van der Waals surface area contributed by atoms with Crippen molar-refractivity contribution >= 4 is 17.6 Å². The van der Waals surface area contributed by atoms with Crippen LogP contribution >= 0.6 is 0 Å². The summed E-state index contributed by atoms with van der Waals surface area (Å²) in [5.74, 6) is 1.23. The van der Waals surface area contributed by atoms with E-state index in [1.54, 1.807) is 12.3 Å². The molecule has 0 fully saturated rings. The molecule has 2 heterocycles. The molecule has 2 aromatic rings. The lowest BCUT2D eigenvalue weighted by atomic mass is 10.2. The van der Waals surface area contributed by atoms with Crippen molar-refractivity contribution in [3.8, 4) is 0 Å². The number of hydrogen-bond donors (Lipinski definition) is 2. The average Bonchev–Trinajstić information content (AvgIpc) is 2.75. The lowest BCUT2D eigenvalue weighted by Crippen LogP contribution is -2.27. The van der Waals surface area contributed by atoms with Crippen molar-refractivity contribution in [2.75, 3.05) is 10.6 Å². The van der Waals surface area contributed by atoms with E-state index in [-0.39, 0.29) is 0 Å². The number of carbonyl (C=O) groups excluding carboxylic acids is 1. The number of carbonyl (C=O) groups is 1. The lowest BCUT2D eigenvalue weighted by molar-refractivity contribution is 0.0635. The smallest absolute Gasteiger partial charge is 0.413 e. The molecule has 2 rings (SSSR count). The van der Waals surface area contributed by atoms with Gasteiger partial charge in [-0.25, -0.2) is 9.78 Å². The van der Waals surface area contributed by atoms with E-state index in [1.807, 2.05) is 40.7 Å². The molecule has 0 aromatic carbocycles. The maximum atomic E-state index is 11.7. The fraction of sp³-hybridized carbons (Fsp3) is 0.438. The third-order valence-corrected chi connectivity index (χ3v) is 3.04. The molecule has 0 saturated carbocycles. The average molecular weight is 318 g/mol. The third kappa shape index (κ3) is 4.98. The molecule has 1 amide bonds. The van der Waals surface area contributed by atoms with Gasteiger partial charge in [-0.05, 0) is 46.8 Å². The van der Waals surface area contributed by atoms with Crippen LogP contribution in [0.5, 0.6) is 0 Å². The highest BCUT2D eigenvalue weighted by molar-refractivity contribution is 5.83. The van der Waals surface area contributed by atoms with Gasteiger partial charge in [0.05, 0.1) is 17.6 Å². The Morgan fingerprint density at radius 1 is 1.30 bits per heavy atom. The summed E-state index contributed by atoms with van der Waals surface area (Å²) < 4.78 is 10.3. The standard InChI is InChI=1S/C16H22N4O3/c1-10-13(11(2)23-20-10)9-17-12-6-7-14(18-8-12)19-15(21)22-16(3,4)5/h6-8,17H,9H2,1-5H3,(H,18,19,21). The number of amides is 1. The Morgan fingerprint density at radius 2 is 2.04 bits per heavy atom. The number of ether oxygens (including phenoxy) is 1. The molecular weight excluding hydrogens is 296 g/mol. The van der Waals surface area contributed by atoms with Crippen LogP contribution in [0.3, 0.4) is 0 Å². The normalized spacial score (nSPS) is 11.2. The number of pyridine rings is 1. The molecular formula is C16H22N4O3. The summed E-state index contributed by atoms with van der Waals surface area (Å²) in [5.41, 5.74) is 2.19. The van der Waals surface area contributed by atoms with Crippen molar-refractivity contribution in [1.29, 1.82) is 0 Å². The van der Waals surface area contributed by atoms with Crippen LogP contribution in [0.1, 0.15) is 37.8 Å². The summed E-state index contributed by atoms with van der Waals surface area (Å²) >= 11 is 0. The first-order chi connectivity index (χ1) is 10.7. The molecule has 0 unspecified atom stereocenters. The minimum Gasteiger partial charge on any atom is -0.444 e. The Morgan fingerprint density at radius 3 is 2.57 bits per heavy atom. The summed E-state index contributed by atoms with van der Waals surface area (Å²) in [6.45, 7) is 9.80. The largest absolute Gasteiger partial charge is 0.444 e. The van der Waals surface area contributed by atoms with E-state index in [2.05, 4.69) is 20.8 Å². The van der Waals surface area contributed by atoms with E-state index in [9.17, 15) is 4.79 Å².